The summed E-state index contributed by atoms with van der Waals surface area (Å²) >= 11 is 0. The quantitative estimate of drug-likeness (QED) is 0.253. The maximum atomic E-state index is 10.3. The van der Waals surface area contributed by atoms with Crippen LogP contribution in [0.4, 0.5) is 0 Å². The number of ether oxygens (including phenoxy) is 1. The molecule has 0 amide bonds. The first-order chi connectivity index (χ1) is 13.0. The van der Waals surface area contributed by atoms with Crippen molar-refractivity contribution in [3.63, 3.8) is 0 Å². The van der Waals surface area contributed by atoms with E-state index in [2.05, 4.69) is 19.1 Å². The Hall–Kier alpha value is -1.34. The highest BCUT2D eigenvalue weighted by atomic mass is 35.5. The number of aliphatic hydroxyl groups is 2. The molecule has 160 valence electrons. The van der Waals surface area contributed by atoms with Gasteiger partial charge < -0.3 is 25.6 Å². The van der Waals surface area contributed by atoms with Crippen molar-refractivity contribution in [2.24, 2.45) is 5.73 Å². The van der Waals surface area contributed by atoms with Gasteiger partial charge in [0, 0.05) is 6.04 Å². The monoisotopic (exact) mass is 413 g/mol. The molecule has 28 heavy (non-hydrogen) atoms. The topological polar surface area (TPSA) is 103 Å². The molecule has 0 bridgehead atoms. The van der Waals surface area contributed by atoms with Gasteiger partial charge in [0.05, 0.1) is 18.8 Å². The van der Waals surface area contributed by atoms with Crippen molar-refractivity contribution in [2.45, 2.75) is 89.4 Å². The van der Waals surface area contributed by atoms with E-state index >= 15 is 0 Å². The number of hydrogen-bond acceptors (Lipinski definition) is 4. The van der Waals surface area contributed by atoms with E-state index in [1.807, 2.05) is 18.2 Å². The van der Waals surface area contributed by atoms with Crippen molar-refractivity contribution in [1.82, 2.24) is 4.90 Å². The van der Waals surface area contributed by atoms with Gasteiger partial charge >= 0.3 is 0 Å². The van der Waals surface area contributed by atoms with Crippen molar-refractivity contribution >= 4 is 18.4 Å². The van der Waals surface area contributed by atoms with Gasteiger partial charge in [-0.25, -0.2) is 0 Å². The fraction of sp³-hybridized carbons (Fsp3) is 0.667. The minimum Gasteiger partial charge on any atom is -0.393 e. The van der Waals surface area contributed by atoms with Crippen LogP contribution in [0.2, 0.25) is 0 Å². The first-order valence-corrected chi connectivity index (χ1v) is 10.1. The number of benzene rings is 1. The molecule has 1 aromatic carbocycles. The molecule has 1 heterocycles. The van der Waals surface area contributed by atoms with Gasteiger partial charge in [0.2, 0.25) is 0 Å². The minimum atomic E-state index is -0.683. The molecule has 1 aromatic rings. The molecule has 5 N–H and O–H groups in total. The molecule has 0 aliphatic carbocycles. The number of hydrogen-bond donors (Lipinski definition) is 4. The molecule has 1 fully saturated rings. The number of guanidine groups is 1. The Labute approximate surface area is 175 Å². The summed E-state index contributed by atoms with van der Waals surface area (Å²) in [5, 5.41) is 27.7. The van der Waals surface area contributed by atoms with Crippen LogP contribution in [0.25, 0.3) is 0 Å². The van der Waals surface area contributed by atoms with Gasteiger partial charge in [0.25, 0.3) is 0 Å². The van der Waals surface area contributed by atoms with E-state index in [1.54, 1.807) is 0 Å². The molecule has 1 saturated heterocycles. The van der Waals surface area contributed by atoms with Crippen LogP contribution in [0.15, 0.2) is 30.3 Å². The first-order valence-electron chi connectivity index (χ1n) is 10.1. The summed E-state index contributed by atoms with van der Waals surface area (Å²) in [6.07, 6.45) is 5.99. The van der Waals surface area contributed by atoms with E-state index in [9.17, 15) is 10.2 Å². The van der Waals surface area contributed by atoms with E-state index in [4.69, 9.17) is 15.9 Å². The molecule has 0 radical (unpaired) electrons. The fourth-order valence-corrected chi connectivity index (χ4v) is 3.77. The molecular formula is C21H36ClN3O3. The van der Waals surface area contributed by atoms with Crippen LogP contribution in [0.1, 0.15) is 63.9 Å². The summed E-state index contributed by atoms with van der Waals surface area (Å²) in [7, 11) is 0. The van der Waals surface area contributed by atoms with Crippen LogP contribution >= 0.6 is 12.4 Å². The first kappa shape index (κ1) is 24.7. The molecule has 1 aliphatic heterocycles. The van der Waals surface area contributed by atoms with E-state index < -0.39 is 12.3 Å². The van der Waals surface area contributed by atoms with Crippen LogP contribution in [-0.2, 0) is 11.3 Å². The van der Waals surface area contributed by atoms with E-state index in [1.165, 1.54) is 10.5 Å². The number of likely N-dealkylation sites (tertiary alicyclic amines) is 1. The van der Waals surface area contributed by atoms with Crippen LogP contribution in [0.5, 0.6) is 0 Å². The Balaban J connectivity index is 0.00000392. The zero-order valence-corrected chi connectivity index (χ0v) is 17.6. The smallest absolute Gasteiger partial charge is 0.190 e. The normalized spacial score (nSPS) is 21.2. The second-order valence-corrected chi connectivity index (χ2v) is 7.64. The van der Waals surface area contributed by atoms with Gasteiger partial charge in [-0.15, -0.1) is 12.4 Å². The van der Waals surface area contributed by atoms with Gasteiger partial charge in [0.15, 0.2) is 5.96 Å². The third-order valence-electron chi connectivity index (χ3n) is 5.32. The number of nitrogens with zero attached hydrogens (tertiary/aromatic N) is 1. The van der Waals surface area contributed by atoms with E-state index in [0.29, 0.717) is 19.4 Å². The summed E-state index contributed by atoms with van der Waals surface area (Å²) in [6, 6.07) is 10.2. The Morgan fingerprint density at radius 2 is 1.89 bits per heavy atom. The predicted octanol–water partition coefficient (Wildman–Crippen LogP) is 3.39. The average Bonchev–Trinajstić information content (AvgIpc) is 3.00. The number of aliphatic hydroxyl groups excluding tert-OH is 2. The average molecular weight is 414 g/mol. The largest absolute Gasteiger partial charge is 0.393 e. The Morgan fingerprint density at radius 3 is 2.57 bits per heavy atom. The lowest BCUT2D eigenvalue weighted by Gasteiger charge is -2.29. The fourth-order valence-electron chi connectivity index (χ4n) is 3.77. The summed E-state index contributed by atoms with van der Waals surface area (Å²) in [5.41, 5.74) is 6.74. The highest BCUT2D eigenvalue weighted by molar-refractivity contribution is 5.85. The number of rotatable bonds is 11. The molecule has 0 aromatic heterocycles. The van der Waals surface area contributed by atoms with Crippen LogP contribution in [0, 0.1) is 5.41 Å². The van der Waals surface area contributed by atoms with Crippen molar-refractivity contribution in [1.29, 1.82) is 5.41 Å². The maximum absolute atomic E-state index is 10.3. The number of halogens is 1. The summed E-state index contributed by atoms with van der Waals surface area (Å²) < 4.78 is 5.88. The Bertz CT molecular complexity index is 561. The zero-order valence-electron chi connectivity index (χ0n) is 16.8. The molecule has 4 atom stereocenters. The minimum absolute atomic E-state index is 0. The molecule has 2 rings (SSSR count). The standard InChI is InChI=1S/C21H35N3O3.ClH/c1-16(27-15-17-9-5-3-6-10-17)8-4-2-7-11-19(25)14-18-12-13-20(26)24(18)21(22)23;/h3,5-6,9-10,16,18-20,25-26H,2,4,7-8,11-15H2,1H3,(H3,22,23);1H/t16-,18+,19+,20?;/m1./s1. The number of unbranched alkanes of at least 4 members (excludes halogenated alkanes) is 2. The lowest BCUT2D eigenvalue weighted by atomic mass is 10.0. The lowest BCUT2D eigenvalue weighted by molar-refractivity contribution is 0.0450. The van der Waals surface area contributed by atoms with Crippen LogP contribution < -0.4 is 5.73 Å². The van der Waals surface area contributed by atoms with Gasteiger partial charge in [-0.05, 0) is 44.6 Å². The third kappa shape index (κ3) is 8.35. The summed E-state index contributed by atoms with van der Waals surface area (Å²) in [6.45, 7) is 2.76. The second kappa shape index (κ2) is 13.0. The van der Waals surface area contributed by atoms with Crippen molar-refractivity contribution in [3.05, 3.63) is 35.9 Å². The molecule has 0 saturated carbocycles. The second-order valence-electron chi connectivity index (χ2n) is 7.64. The third-order valence-corrected chi connectivity index (χ3v) is 5.32. The predicted molar refractivity (Wildman–Crippen MR) is 114 cm³/mol. The summed E-state index contributed by atoms with van der Waals surface area (Å²) in [4.78, 5) is 1.52. The number of nitrogens with two attached hydrogens (primary N) is 1. The van der Waals surface area contributed by atoms with Gasteiger partial charge in [-0.3, -0.25) is 5.41 Å². The van der Waals surface area contributed by atoms with E-state index in [0.717, 1.165) is 38.5 Å². The van der Waals surface area contributed by atoms with Crippen LogP contribution in [0.3, 0.4) is 0 Å². The lowest BCUT2D eigenvalue weighted by Crippen LogP contribution is -2.46. The molecular weight excluding hydrogens is 378 g/mol. The molecule has 1 aliphatic rings. The molecule has 7 heteroatoms. The molecule has 0 spiro atoms. The Kier molecular flexibility index (Phi) is 11.5. The highest BCUT2D eigenvalue weighted by Crippen LogP contribution is 2.26. The molecule has 6 nitrogen and oxygen atoms in total. The van der Waals surface area contributed by atoms with Crippen molar-refractivity contribution in [2.75, 3.05) is 0 Å². The zero-order chi connectivity index (χ0) is 19.6. The highest BCUT2D eigenvalue weighted by Gasteiger charge is 2.34. The van der Waals surface area contributed by atoms with Crippen LogP contribution in [-0.4, -0.2) is 45.6 Å². The van der Waals surface area contributed by atoms with Gasteiger partial charge in [0.1, 0.15) is 6.23 Å². The van der Waals surface area contributed by atoms with Crippen molar-refractivity contribution in [3.8, 4) is 0 Å². The number of nitrogens with one attached hydrogen (secondary N) is 1. The maximum Gasteiger partial charge on any atom is 0.190 e. The van der Waals surface area contributed by atoms with E-state index in [-0.39, 0.29) is 30.5 Å². The van der Waals surface area contributed by atoms with Crippen molar-refractivity contribution < 1.29 is 14.9 Å². The summed E-state index contributed by atoms with van der Waals surface area (Å²) in [5.74, 6) is -0.110. The SMILES string of the molecule is C[C@H](CCCCC[C@H](O)C[C@@H]1CCC(O)N1C(=N)N)OCc1ccccc1.Cl. The van der Waals surface area contributed by atoms with Gasteiger partial charge in [-0.1, -0.05) is 49.6 Å². The van der Waals surface area contributed by atoms with Gasteiger partial charge in [-0.2, -0.15) is 0 Å². The molecule has 1 unspecified atom stereocenters. The Morgan fingerprint density at radius 1 is 1.21 bits per heavy atom.